The lowest BCUT2D eigenvalue weighted by molar-refractivity contribution is 0.309. The highest BCUT2D eigenvalue weighted by molar-refractivity contribution is 7.85. The van der Waals surface area contributed by atoms with Crippen molar-refractivity contribution in [1.82, 2.24) is 0 Å². The summed E-state index contributed by atoms with van der Waals surface area (Å²) in [5, 5.41) is 0. The van der Waals surface area contributed by atoms with Gasteiger partial charge in [-0.15, -0.1) is 11.5 Å². The van der Waals surface area contributed by atoms with E-state index in [0.29, 0.717) is 6.61 Å². The summed E-state index contributed by atoms with van der Waals surface area (Å²) < 4.78 is 26.2. The van der Waals surface area contributed by atoms with Crippen LogP contribution in [0.5, 0.6) is 0 Å². The molecule has 136 valence electrons. The van der Waals surface area contributed by atoms with Crippen LogP contribution in [0, 0.1) is 11.5 Å². The molecular formula is C18H36O3SSi. The van der Waals surface area contributed by atoms with E-state index in [2.05, 4.69) is 31.1 Å². The minimum Gasteiger partial charge on any atom is -0.270 e. The van der Waals surface area contributed by atoms with Crippen LogP contribution in [0.25, 0.3) is 0 Å². The summed E-state index contributed by atoms with van der Waals surface area (Å²) in [5.74, 6) is 3.33. The first-order valence-electron chi connectivity index (χ1n) is 9.05. The highest BCUT2D eigenvalue weighted by atomic mass is 32.2. The van der Waals surface area contributed by atoms with Crippen molar-refractivity contribution in [2.24, 2.45) is 0 Å². The third kappa shape index (κ3) is 21.7. The van der Waals surface area contributed by atoms with E-state index >= 15 is 0 Å². The second-order valence-corrected chi connectivity index (χ2v) is 13.8. The lowest BCUT2D eigenvalue weighted by atomic mass is 10.1. The average molecular weight is 361 g/mol. The first-order valence-corrected chi connectivity index (χ1v) is 14.4. The maximum Gasteiger partial charge on any atom is 0.264 e. The molecule has 0 aliphatic rings. The van der Waals surface area contributed by atoms with Gasteiger partial charge in [0.1, 0.15) is 8.07 Å². The Morgan fingerprint density at radius 3 is 1.65 bits per heavy atom. The zero-order valence-electron chi connectivity index (χ0n) is 15.6. The van der Waals surface area contributed by atoms with Gasteiger partial charge in [-0.05, 0) is 12.8 Å². The van der Waals surface area contributed by atoms with E-state index in [1.807, 2.05) is 0 Å². The number of unbranched alkanes of at least 4 members (excludes halogenated alkanes) is 10. The molecule has 0 rings (SSSR count). The van der Waals surface area contributed by atoms with E-state index in [0.717, 1.165) is 25.5 Å². The zero-order chi connectivity index (χ0) is 17.6. The summed E-state index contributed by atoms with van der Waals surface area (Å²) in [6, 6.07) is 0. The molecule has 0 radical (unpaired) electrons. The van der Waals surface area contributed by atoms with Crippen molar-refractivity contribution >= 4 is 18.2 Å². The van der Waals surface area contributed by atoms with E-state index in [1.54, 1.807) is 0 Å². The van der Waals surface area contributed by atoms with Crippen molar-refractivity contribution < 1.29 is 12.6 Å². The van der Waals surface area contributed by atoms with Gasteiger partial charge in [-0.2, -0.15) is 8.42 Å². The molecule has 0 atom stereocenters. The van der Waals surface area contributed by atoms with Crippen LogP contribution >= 0.6 is 0 Å². The topological polar surface area (TPSA) is 43.4 Å². The Morgan fingerprint density at radius 1 is 0.783 bits per heavy atom. The van der Waals surface area contributed by atoms with Crippen molar-refractivity contribution in [3.05, 3.63) is 0 Å². The van der Waals surface area contributed by atoms with Crippen molar-refractivity contribution in [2.45, 2.75) is 90.3 Å². The first-order chi connectivity index (χ1) is 10.7. The lowest BCUT2D eigenvalue weighted by Gasteiger charge is -2.04. The highest BCUT2D eigenvalue weighted by Gasteiger charge is 2.06. The molecule has 0 aliphatic carbocycles. The SMILES string of the molecule is C[Si](C)(C)C#CCCCCCCCCCCCCOS(C)(=O)=O. The van der Waals surface area contributed by atoms with Crippen LogP contribution in [0.3, 0.4) is 0 Å². The molecule has 0 aromatic carbocycles. The highest BCUT2D eigenvalue weighted by Crippen LogP contribution is 2.11. The Hall–Kier alpha value is -0.313. The largest absolute Gasteiger partial charge is 0.270 e. The van der Waals surface area contributed by atoms with Crippen LogP contribution in [-0.2, 0) is 14.3 Å². The fraction of sp³-hybridized carbons (Fsp3) is 0.889. The minimum absolute atomic E-state index is 0.333. The van der Waals surface area contributed by atoms with Gasteiger partial charge in [-0.1, -0.05) is 71.0 Å². The molecule has 0 aromatic heterocycles. The van der Waals surface area contributed by atoms with Crippen LogP contribution in [0.4, 0.5) is 0 Å². The zero-order valence-corrected chi connectivity index (χ0v) is 17.4. The van der Waals surface area contributed by atoms with Crippen molar-refractivity contribution in [3.63, 3.8) is 0 Å². The number of hydrogen-bond donors (Lipinski definition) is 0. The molecule has 0 saturated heterocycles. The van der Waals surface area contributed by atoms with E-state index < -0.39 is 18.2 Å². The summed E-state index contributed by atoms with van der Waals surface area (Å²) in [6.07, 6.45) is 14.3. The predicted molar refractivity (Wildman–Crippen MR) is 103 cm³/mol. The Kier molecular flexibility index (Phi) is 12.9. The van der Waals surface area contributed by atoms with Crippen LogP contribution < -0.4 is 0 Å². The second kappa shape index (κ2) is 13.0. The maximum atomic E-state index is 10.8. The predicted octanol–water partition coefficient (Wildman–Crippen LogP) is 5.13. The van der Waals surface area contributed by atoms with E-state index in [-0.39, 0.29) is 0 Å². The van der Waals surface area contributed by atoms with Crippen LogP contribution in [0.1, 0.15) is 70.6 Å². The molecule has 0 aromatic rings. The molecule has 0 aliphatic heterocycles. The molecule has 0 fully saturated rings. The van der Waals surface area contributed by atoms with Crippen molar-refractivity contribution in [3.8, 4) is 11.5 Å². The Balaban J connectivity index is 3.21. The summed E-state index contributed by atoms with van der Waals surface area (Å²) in [7, 11) is -4.42. The normalized spacial score (nSPS) is 12.0. The third-order valence-electron chi connectivity index (χ3n) is 3.46. The van der Waals surface area contributed by atoms with E-state index in [9.17, 15) is 8.42 Å². The van der Waals surface area contributed by atoms with Gasteiger partial charge in [0.2, 0.25) is 0 Å². The van der Waals surface area contributed by atoms with E-state index in [1.165, 1.54) is 51.4 Å². The Bertz CT molecular complexity index is 441. The van der Waals surface area contributed by atoms with Crippen LogP contribution in [0.2, 0.25) is 19.6 Å². The van der Waals surface area contributed by atoms with Gasteiger partial charge in [0, 0.05) is 6.42 Å². The molecule has 3 nitrogen and oxygen atoms in total. The minimum atomic E-state index is -3.25. The van der Waals surface area contributed by atoms with Crippen molar-refractivity contribution in [1.29, 1.82) is 0 Å². The molecule has 0 spiro atoms. The fourth-order valence-corrected chi connectivity index (χ4v) is 3.34. The van der Waals surface area contributed by atoms with Crippen LogP contribution in [0.15, 0.2) is 0 Å². The van der Waals surface area contributed by atoms with Gasteiger partial charge in [-0.25, -0.2) is 0 Å². The Labute approximate surface area is 145 Å². The van der Waals surface area contributed by atoms with E-state index in [4.69, 9.17) is 4.18 Å². The first kappa shape index (κ1) is 22.7. The summed E-state index contributed by atoms with van der Waals surface area (Å²) in [5.41, 5.74) is 3.42. The molecule has 0 bridgehead atoms. The molecule has 5 heteroatoms. The van der Waals surface area contributed by atoms with Crippen LogP contribution in [-0.4, -0.2) is 29.4 Å². The second-order valence-electron chi connectivity index (χ2n) is 7.36. The lowest BCUT2D eigenvalue weighted by Crippen LogP contribution is -2.16. The smallest absolute Gasteiger partial charge is 0.264 e. The summed E-state index contributed by atoms with van der Waals surface area (Å²) in [6.45, 7) is 7.20. The average Bonchev–Trinajstić information content (AvgIpc) is 2.40. The number of rotatable bonds is 13. The molecular weight excluding hydrogens is 324 g/mol. The monoisotopic (exact) mass is 360 g/mol. The molecule has 0 saturated carbocycles. The maximum absolute atomic E-state index is 10.8. The quantitative estimate of drug-likeness (QED) is 0.198. The molecule has 0 amide bonds. The fourth-order valence-electron chi connectivity index (χ4n) is 2.27. The molecule has 0 N–H and O–H groups in total. The van der Waals surface area contributed by atoms with Gasteiger partial charge < -0.3 is 0 Å². The Morgan fingerprint density at radius 2 is 1.22 bits per heavy atom. The molecule has 0 heterocycles. The van der Waals surface area contributed by atoms with Gasteiger partial charge in [0.15, 0.2) is 0 Å². The van der Waals surface area contributed by atoms with Crippen molar-refractivity contribution in [2.75, 3.05) is 12.9 Å². The summed E-state index contributed by atoms with van der Waals surface area (Å²) >= 11 is 0. The van der Waals surface area contributed by atoms with Gasteiger partial charge in [0.05, 0.1) is 12.9 Å². The molecule has 23 heavy (non-hydrogen) atoms. The standard InChI is InChI=1S/C18H36O3SSi/c1-22(19,20)21-17-15-13-11-9-7-5-6-8-10-12-14-16-18-23(2,3)4/h5-15,17H2,1-4H3. The van der Waals surface area contributed by atoms with Gasteiger partial charge in [-0.3, -0.25) is 4.18 Å². The van der Waals surface area contributed by atoms with Gasteiger partial charge >= 0.3 is 0 Å². The number of hydrogen-bond acceptors (Lipinski definition) is 3. The summed E-state index contributed by atoms with van der Waals surface area (Å²) in [4.78, 5) is 0. The third-order valence-corrected chi connectivity index (χ3v) is 4.98. The molecule has 0 unspecified atom stereocenters. The van der Waals surface area contributed by atoms with Gasteiger partial charge in [0.25, 0.3) is 10.1 Å².